The minimum absolute atomic E-state index is 0. The molecule has 2 aromatic carbocycles. The second-order valence-corrected chi connectivity index (χ2v) is 5.83. The molecule has 4 N–H and O–H groups in total. The van der Waals surface area contributed by atoms with E-state index in [2.05, 4.69) is 77.6 Å². The van der Waals surface area contributed by atoms with Gasteiger partial charge in [-0.05, 0) is 37.1 Å². The number of anilines is 2. The zero-order chi connectivity index (χ0) is 16.1. The van der Waals surface area contributed by atoms with Gasteiger partial charge < -0.3 is 22.6 Å². The van der Waals surface area contributed by atoms with E-state index in [9.17, 15) is 0 Å². The molecule has 0 amide bonds. The van der Waals surface area contributed by atoms with Gasteiger partial charge in [0, 0.05) is 0 Å². The molecule has 1 aliphatic heterocycles. The minimum atomic E-state index is 0. The highest BCUT2D eigenvalue weighted by atomic mass is 35.5. The number of guanidine groups is 1. The highest BCUT2D eigenvalue weighted by Crippen LogP contribution is 2.16. The first-order chi connectivity index (χ1) is 11.2. The quantitative estimate of drug-likeness (QED) is 0.553. The fraction of sp³-hybridized carbons (Fsp3) is 0.316. The number of rotatable bonds is 2. The Labute approximate surface area is 155 Å². The monoisotopic (exact) mass is 363 g/mol. The summed E-state index contributed by atoms with van der Waals surface area (Å²) in [6.45, 7) is 7.52. The van der Waals surface area contributed by atoms with Crippen molar-refractivity contribution in [1.82, 2.24) is 0 Å². The van der Waals surface area contributed by atoms with Crippen molar-refractivity contribution in [2.45, 2.75) is 13.8 Å². The lowest BCUT2D eigenvalue weighted by Gasteiger charge is -2.19. The SMILES string of the molecule is Cc1ccccc1NC(Nc1ccccc1C)=[N+]1CCOCC1.O.[Cl-]. The molecule has 0 unspecified atom stereocenters. The van der Waals surface area contributed by atoms with Crippen molar-refractivity contribution in [3.63, 3.8) is 0 Å². The number of benzene rings is 2. The predicted molar refractivity (Wildman–Crippen MR) is 99.0 cm³/mol. The van der Waals surface area contributed by atoms with Gasteiger partial charge in [-0.15, -0.1) is 0 Å². The third-order valence-corrected chi connectivity index (χ3v) is 4.12. The van der Waals surface area contributed by atoms with Gasteiger partial charge in [-0.2, -0.15) is 0 Å². The Morgan fingerprint density at radius 2 is 1.28 bits per heavy atom. The predicted octanol–water partition coefficient (Wildman–Crippen LogP) is -0.595. The molecule has 136 valence electrons. The topological polar surface area (TPSA) is 67.8 Å². The van der Waals surface area contributed by atoms with E-state index in [-0.39, 0.29) is 17.9 Å². The van der Waals surface area contributed by atoms with Crippen LogP contribution >= 0.6 is 0 Å². The molecule has 2 aromatic rings. The van der Waals surface area contributed by atoms with Gasteiger partial charge in [0.1, 0.15) is 11.4 Å². The lowest BCUT2D eigenvalue weighted by atomic mass is 10.2. The molecule has 1 aliphatic rings. The van der Waals surface area contributed by atoms with Crippen LogP contribution in [0.2, 0.25) is 0 Å². The van der Waals surface area contributed by atoms with Crippen LogP contribution in [0.25, 0.3) is 0 Å². The molecule has 5 nitrogen and oxygen atoms in total. The lowest BCUT2D eigenvalue weighted by Crippen LogP contribution is -3.00. The first-order valence-corrected chi connectivity index (χ1v) is 8.09. The number of nitrogens with one attached hydrogen (secondary N) is 2. The number of hydrogen-bond acceptors (Lipinski definition) is 1. The molecule has 0 atom stereocenters. The van der Waals surface area contributed by atoms with Crippen LogP contribution in [0.5, 0.6) is 0 Å². The van der Waals surface area contributed by atoms with Crippen molar-refractivity contribution in [2.75, 3.05) is 36.9 Å². The fourth-order valence-corrected chi connectivity index (χ4v) is 2.66. The fourth-order valence-electron chi connectivity index (χ4n) is 2.66. The van der Waals surface area contributed by atoms with E-state index < -0.39 is 0 Å². The van der Waals surface area contributed by atoms with Gasteiger partial charge in [0.15, 0.2) is 0 Å². The van der Waals surface area contributed by atoms with E-state index in [4.69, 9.17) is 4.74 Å². The standard InChI is InChI=1S/C19H23N3O.ClH.H2O/c1-15-7-3-5-9-17(15)20-19(22-11-13-23-14-12-22)21-18-10-6-4-8-16(18)2;;/h3-10H,11-14H2,1-2H3,(H,20,21);1H;1H2. The molecule has 0 aromatic heterocycles. The summed E-state index contributed by atoms with van der Waals surface area (Å²) in [5, 5.41) is 7.14. The molecule has 0 radical (unpaired) electrons. The first kappa shape index (κ1) is 21.0. The molecule has 6 heteroatoms. The molecule has 0 saturated carbocycles. The summed E-state index contributed by atoms with van der Waals surface area (Å²) < 4.78 is 7.80. The molecule has 0 aliphatic carbocycles. The molecule has 0 bridgehead atoms. The summed E-state index contributed by atoms with van der Waals surface area (Å²) in [5.41, 5.74) is 4.69. The zero-order valence-electron chi connectivity index (χ0n) is 14.7. The Kier molecular flexibility index (Phi) is 8.41. The molecule has 3 rings (SSSR count). The van der Waals surface area contributed by atoms with E-state index in [1.54, 1.807) is 0 Å². The van der Waals surface area contributed by atoms with Gasteiger partial charge in [0.05, 0.1) is 26.3 Å². The van der Waals surface area contributed by atoms with Gasteiger partial charge >= 0.3 is 5.96 Å². The van der Waals surface area contributed by atoms with Crippen LogP contribution in [0.3, 0.4) is 0 Å². The molecular weight excluding hydrogens is 338 g/mol. The van der Waals surface area contributed by atoms with Crippen LogP contribution < -0.4 is 23.0 Å². The zero-order valence-corrected chi connectivity index (χ0v) is 15.4. The number of nitrogens with zero attached hydrogens (tertiary/aromatic N) is 1. The summed E-state index contributed by atoms with van der Waals surface area (Å²) >= 11 is 0. The third-order valence-electron chi connectivity index (χ3n) is 4.12. The van der Waals surface area contributed by atoms with E-state index in [1.807, 2.05) is 0 Å². The smallest absolute Gasteiger partial charge is 0.355 e. The molecule has 1 saturated heterocycles. The Morgan fingerprint density at radius 1 is 0.840 bits per heavy atom. The average Bonchev–Trinajstić information content (AvgIpc) is 2.59. The number of halogens is 1. The second kappa shape index (κ2) is 10.0. The number of aryl methyl sites for hydroxylation is 2. The Morgan fingerprint density at radius 3 is 1.72 bits per heavy atom. The maximum Gasteiger partial charge on any atom is 0.355 e. The molecule has 1 heterocycles. The van der Waals surface area contributed by atoms with Crippen LogP contribution in [0.15, 0.2) is 48.5 Å². The Bertz CT molecular complexity index is 662. The van der Waals surface area contributed by atoms with E-state index in [0.29, 0.717) is 0 Å². The largest absolute Gasteiger partial charge is 1.00 e. The molecule has 25 heavy (non-hydrogen) atoms. The normalized spacial score (nSPS) is 13.3. The number of para-hydroxylation sites is 2. The summed E-state index contributed by atoms with van der Waals surface area (Å²) in [6.07, 6.45) is 0. The summed E-state index contributed by atoms with van der Waals surface area (Å²) in [4.78, 5) is 0. The van der Waals surface area contributed by atoms with Crippen molar-refractivity contribution in [1.29, 1.82) is 0 Å². The minimum Gasteiger partial charge on any atom is -1.00 e. The Hall–Kier alpha value is -2.08. The maximum atomic E-state index is 5.49. The number of ether oxygens (including phenoxy) is 1. The van der Waals surface area contributed by atoms with Crippen molar-refractivity contribution in [3.05, 3.63) is 59.7 Å². The van der Waals surface area contributed by atoms with Crippen molar-refractivity contribution >= 4 is 17.3 Å². The van der Waals surface area contributed by atoms with Crippen LogP contribution in [-0.2, 0) is 4.74 Å². The number of hydrogen-bond donors (Lipinski definition) is 2. The van der Waals surface area contributed by atoms with E-state index in [1.165, 1.54) is 11.1 Å². The molecule has 0 spiro atoms. The summed E-state index contributed by atoms with van der Waals surface area (Å²) in [5.74, 6) is 1.01. The highest BCUT2D eigenvalue weighted by Gasteiger charge is 2.18. The van der Waals surface area contributed by atoms with E-state index in [0.717, 1.165) is 43.6 Å². The van der Waals surface area contributed by atoms with Crippen LogP contribution in [0, 0.1) is 13.8 Å². The lowest BCUT2D eigenvalue weighted by molar-refractivity contribution is -0.549. The Balaban J connectivity index is 0.00000156. The summed E-state index contributed by atoms with van der Waals surface area (Å²) in [7, 11) is 0. The van der Waals surface area contributed by atoms with Crippen molar-refractivity contribution < 1.29 is 27.2 Å². The van der Waals surface area contributed by atoms with Gasteiger partial charge in [-0.3, -0.25) is 4.58 Å². The highest BCUT2D eigenvalue weighted by molar-refractivity contribution is 6.01. The van der Waals surface area contributed by atoms with Crippen molar-refractivity contribution in [3.8, 4) is 0 Å². The van der Waals surface area contributed by atoms with E-state index >= 15 is 0 Å². The molecule has 1 fully saturated rings. The van der Waals surface area contributed by atoms with Crippen LogP contribution in [0.4, 0.5) is 11.4 Å². The van der Waals surface area contributed by atoms with Gasteiger partial charge in [0.2, 0.25) is 0 Å². The second-order valence-electron chi connectivity index (χ2n) is 5.83. The van der Waals surface area contributed by atoms with Gasteiger partial charge in [-0.25, -0.2) is 10.6 Å². The van der Waals surface area contributed by atoms with Gasteiger partial charge in [0.25, 0.3) is 0 Å². The average molecular weight is 364 g/mol. The molecular formula is C19H26ClN3O2. The summed E-state index contributed by atoms with van der Waals surface area (Å²) in [6, 6.07) is 16.7. The van der Waals surface area contributed by atoms with Crippen LogP contribution in [-0.4, -0.2) is 42.3 Å². The van der Waals surface area contributed by atoms with Crippen LogP contribution in [0.1, 0.15) is 11.1 Å². The van der Waals surface area contributed by atoms with Crippen molar-refractivity contribution in [2.24, 2.45) is 0 Å². The van der Waals surface area contributed by atoms with Gasteiger partial charge in [-0.1, -0.05) is 36.4 Å². The third kappa shape index (κ3) is 5.46. The first-order valence-electron chi connectivity index (χ1n) is 8.09. The number of morpholine rings is 1. The maximum absolute atomic E-state index is 5.49.